The number of likely N-dealkylation sites (N-methyl/N-ethyl adjacent to an activating group) is 1. The first-order valence-electron chi connectivity index (χ1n) is 4.47. The topological polar surface area (TPSA) is 64.3 Å². The van der Waals surface area contributed by atoms with Crippen molar-refractivity contribution in [1.82, 2.24) is 5.32 Å². The summed E-state index contributed by atoms with van der Waals surface area (Å²) in [6.45, 7) is -0.105. The molecular weight excluding hydrogens is 248 g/mol. The summed E-state index contributed by atoms with van der Waals surface area (Å²) in [6, 6.07) is 4.88. The molecule has 1 aromatic rings. The fourth-order valence-corrected chi connectivity index (χ4v) is 1.37. The van der Waals surface area contributed by atoms with Crippen LogP contribution in [0.5, 0.6) is 5.75 Å². The Labute approximate surface area is 104 Å². The molecule has 0 aromatic heterocycles. The maximum Gasteiger partial charge on any atom is 0.257 e. The Bertz CT molecular complexity index is 423. The summed E-state index contributed by atoms with van der Waals surface area (Å²) in [5.41, 5.74) is 6.07. The molecule has 0 unspecified atom stereocenters. The van der Waals surface area contributed by atoms with Crippen molar-refractivity contribution in [3.8, 4) is 5.75 Å². The minimum atomic E-state index is -0.242. The van der Waals surface area contributed by atoms with E-state index in [2.05, 4.69) is 5.32 Å². The minimum Gasteiger partial charge on any atom is -0.483 e. The second kappa shape index (κ2) is 5.67. The Kier molecular flexibility index (Phi) is 4.52. The number of ether oxygens (including phenoxy) is 1. The summed E-state index contributed by atoms with van der Waals surface area (Å²) in [5, 5.41) is 2.93. The normalized spacial score (nSPS) is 9.62. The van der Waals surface area contributed by atoms with Crippen molar-refractivity contribution in [2.75, 3.05) is 13.7 Å². The third kappa shape index (κ3) is 3.36. The number of carbonyl (C=O) groups excluding carboxylic acids is 1. The van der Waals surface area contributed by atoms with E-state index in [0.717, 1.165) is 0 Å². The number of benzene rings is 1. The standard InChI is InChI=1S/C10H11ClN2O2S/c1-13-9(14)5-15-8-4-6(11)2-3-7(8)10(12)16/h2-4H,5H2,1H3,(H2,12,16)(H,13,14). The molecule has 0 radical (unpaired) electrons. The second-order valence-corrected chi connectivity index (χ2v) is 3.84. The predicted octanol–water partition coefficient (Wildman–Crippen LogP) is 1.10. The molecule has 3 N–H and O–H groups in total. The Morgan fingerprint density at radius 1 is 1.62 bits per heavy atom. The van der Waals surface area contributed by atoms with E-state index < -0.39 is 0 Å². The van der Waals surface area contributed by atoms with Crippen molar-refractivity contribution in [2.24, 2.45) is 5.73 Å². The summed E-state index contributed by atoms with van der Waals surface area (Å²) in [6.07, 6.45) is 0. The summed E-state index contributed by atoms with van der Waals surface area (Å²) in [4.78, 5) is 11.2. The highest BCUT2D eigenvalue weighted by molar-refractivity contribution is 7.80. The van der Waals surface area contributed by atoms with Crippen molar-refractivity contribution in [3.63, 3.8) is 0 Å². The number of carbonyl (C=O) groups is 1. The van der Waals surface area contributed by atoms with Crippen molar-refractivity contribution < 1.29 is 9.53 Å². The maximum absolute atomic E-state index is 11.0. The average Bonchev–Trinajstić information content (AvgIpc) is 2.25. The molecule has 1 aromatic carbocycles. The molecule has 1 amide bonds. The van der Waals surface area contributed by atoms with Gasteiger partial charge in [0.2, 0.25) is 0 Å². The molecule has 16 heavy (non-hydrogen) atoms. The van der Waals surface area contributed by atoms with Crippen LogP contribution in [-0.2, 0) is 4.79 Å². The fraction of sp³-hybridized carbons (Fsp3) is 0.200. The van der Waals surface area contributed by atoms with E-state index in [9.17, 15) is 4.79 Å². The molecule has 0 heterocycles. The molecule has 0 atom stereocenters. The summed E-state index contributed by atoms with van der Waals surface area (Å²) in [5.74, 6) is 0.164. The number of nitrogens with two attached hydrogens (primary N) is 1. The van der Waals surface area contributed by atoms with Crippen LogP contribution < -0.4 is 15.8 Å². The summed E-state index contributed by atoms with van der Waals surface area (Å²) >= 11 is 10.7. The molecule has 0 aliphatic carbocycles. The van der Waals surface area contributed by atoms with Crippen LogP contribution in [0.4, 0.5) is 0 Å². The van der Waals surface area contributed by atoms with Gasteiger partial charge in [0.15, 0.2) is 6.61 Å². The molecule has 0 fully saturated rings. The Morgan fingerprint density at radius 3 is 2.88 bits per heavy atom. The first kappa shape index (κ1) is 12.7. The third-order valence-corrected chi connectivity index (χ3v) is 2.30. The number of amides is 1. The van der Waals surface area contributed by atoms with Crippen LogP contribution in [0, 0.1) is 0 Å². The van der Waals surface area contributed by atoms with Gasteiger partial charge in [0.05, 0.1) is 5.56 Å². The van der Waals surface area contributed by atoms with E-state index in [1.54, 1.807) is 18.2 Å². The Hall–Kier alpha value is -1.33. The van der Waals surface area contributed by atoms with Gasteiger partial charge in [0, 0.05) is 12.1 Å². The highest BCUT2D eigenvalue weighted by Gasteiger charge is 2.08. The SMILES string of the molecule is CNC(=O)COc1cc(Cl)ccc1C(N)=S. The fourth-order valence-electron chi connectivity index (χ4n) is 1.03. The van der Waals surface area contributed by atoms with Crippen LogP contribution in [-0.4, -0.2) is 24.6 Å². The lowest BCUT2D eigenvalue weighted by Crippen LogP contribution is -2.25. The van der Waals surface area contributed by atoms with E-state index >= 15 is 0 Å². The number of hydrogen-bond acceptors (Lipinski definition) is 3. The first-order valence-corrected chi connectivity index (χ1v) is 5.26. The molecule has 0 bridgehead atoms. The van der Waals surface area contributed by atoms with E-state index in [1.807, 2.05) is 0 Å². The molecule has 0 aliphatic heterocycles. The number of thiocarbonyl (C=S) groups is 1. The number of nitrogens with one attached hydrogen (secondary N) is 1. The monoisotopic (exact) mass is 258 g/mol. The predicted molar refractivity (Wildman–Crippen MR) is 66.9 cm³/mol. The van der Waals surface area contributed by atoms with Crippen LogP contribution >= 0.6 is 23.8 Å². The van der Waals surface area contributed by atoms with Crippen molar-refractivity contribution >= 4 is 34.7 Å². The number of hydrogen-bond donors (Lipinski definition) is 2. The van der Waals surface area contributed by atoms with Gasteiger partial charge in [-0.25, -0.2) is 0 Å². The van der Waals surface area contributed by atoms with E-state index in [1.165, 1.54) is 7.05 Å². The lowest BCUT2D eigenvalue weighted by molar-refractivity contribution is -0.122. The third-order valence-electron chi connectivity index (χ3n) is 1.85. The zero-order valence-electron chi connectivity index (χ0n) is 8.62. The average molecular weight is 259 g/mol. The Balaban J connectivity index is 2.88. The molecular formula is C10H11ClN2O2S. The first-order chi connectivity index (χ1) is 7.54. The summed E-state index contributed by atoms with van der Waals surface area (Å²) < 4.78 is 5.27. The maximum atomic E-state index is 11.0. The Morgan fingerprint density at radius 2 is 2.31 bits per heavy atom. The number of halogens is 1. The van der Waals surface area contributed by atoms with Crippen molar-refractivity contribution in [1.29, 1.82) is 0 Å². The van der Waals surface area contributed by atoms with Gasteiger partial charge < -0.3 is 15.8 Å². The van der Waals surface area contributed by atoms with Gasteiger partial charge in [-0.3, -0.25) is 4.79 Å². The molecule has 0 aliphatic rings. The van der Waals surface area contributed by atoms with E-state index in [-0.39, 0.29) is 17.5 Å². The quantitative estimate of drug-likeness (QED) is 0.794. The van der Waals surface area contributed by atoms with Gasteiger partial charge in [-0.15, -0.1) is 0 Å². The molecule has 1 rings (SSSR count). The molecule has 6 heteroatoms. The highest BCUT2D eigenvalue weighted by Crippen LogP contribution is 2.23. The van der Waals surface area contributed by atoms with Crippen LogP contribution in [0.25, 0.3) is 0 Å². The molecule has 4 nitrogen and oxygen atoms in total. The molecule has 0 saturated heterocycles. The van der Waals surface area contributed by atoms with Crippen LogP contribution in [0.3, 0.4) is 0 Å². The van der Waals surface area contributed by atoms with Crippen LogP contribution in [0.1, 0.15) is 5.56 Å². The highest BCUT2D eigenvalue weighted by atomic mass is 35.5. The summed E-state index contributed by atoms with van der Waals surface area (Å²) in [7, 11) is 1.53. The lowest BCUT2D eigenvalue weighted by Gasteiger charge is -2.10. The van der Waals surface area contributed by atoms with Gasteiger partial charge in [-0.2, -0.15) is 0 Å². The van der Waals surface area contributed by atoms with Gasteiger partial charge in [-0.05, 0) is 18.2 Å². The largest absolute Gasteiger partial charge is 0.483 e. The van der Waals surface area contributed by atoms with Gasteiger partial charge in [0.1, 0.15) is 10.7 Å². The van der Waals surface area contributed by atoms with Crippen molar-refractivity contribution in [3.05, 3.63) is 28.8 Å². The molecule has 0 spiro atoms. The van der Waals surface area contributed by atoms with Crippen LogP contribution in [0.15, 0.2) is 18.2 Å². The number of rotatable bonds is 4. The van der Waals surface area contributed by atoms with E-state index in [0.29, 0.717) is 16.3 Å². The van der Waals surface area contributed by atoms with Gasteiger partial charge >= 0.3 is 0 Å². The zero-order chi connectivity index (χ0) is 12.1. The van der Waals surface area contributed by atoms with Crippen LogP contribution in [0.2, 0.25) is 5.02 Å². The molecule has 0 saturated carbocycles. The van der Waals surface area contributed by atoms with Gasteiger partial charge in [0.25, 0.3) is 5.91 Å². The van der Waals surface area contributed by atoms with Crippen molar-refractivity contribution in [2.45, 2.75) is 0 Å². The van der Waals surface area contributed by atoms with Gasteiger partial charge in [-0.1, -0.05) is 23.8 Å². The smallest absolute Gasteiger partial charge is 0.257 e. The lowest BCUT2D eigenvalue weighted by atomic mass is 10.2. The zero-order valence-corrected chi connectivity index (χ0v) is 10.2. The minimum absolute atomic E-state index is 0.105. The van der Waals surface area contributed by atoms with E-state index in [4.69, 9.17) is 34.3 Å². The molecule has 86 valence electrons. The second-order valence-electron chi connectivity index (χ2n) is 2.97.